The van der Waals surface area contributed by atoms with Gasteiger partial charge in [0.2, 0.25) is 5.78 Å². The van der Waals surface area contributed by atoms with Gasteiger partial charge >= 0.3 is 12.6 Å². The second-order valence-corrected chi connectivity index (χ2v) is 3.26. The van der Waals surface area contributed by atoms with Crippen LogP contribution in [0.2, 0.25) is 5.02 Å². The van der Waals surface area contributed by atoms with Crippen LogP contribution in [0.5, 0.6) is 0 Å². The molecule has 1 rings (SSSR count). The van der Waals surface area contributed by atoms with Crippen molar-refractivity contribution >= 4 is 17.4 Å². The standard InChI is InChI=1S/C9H4ClF5O/c10-6-3-4(9(13,14)15)1-2-5(6)7(16)8(11)12/h1-3,8H. The average Bonchev–Trinajstić information content (AvgIpc) is 2.15. The molecule has 1 aromatic rings. The maximum Gasteiger partial charge on any atom is 0.416 e. The monoisotopic (exact) mass is 258 g/mol. The lowest BCUT2D eigenvalue weighted by atomic mass is 10.1. The third-order valence-electron chi connectivity index (χ3n) is 1.76. The average molecular weight is 259 g/mol. The van der Waals surface area contributed by atoms with Crippen molar-refractivity contribution in [3.8, 4) is 0 Å². The molecule has 0 atom stereocenters. The first-order valence-corrected chi connectivity index (χ1v) is 4.30. The van der Waals surface area contributed by atoms with Crippen molar-refractivity contribution in [1.29, 1.82) is 0 Å². The smallest absolute Gasteiger partial charge is 0.288 e. The van der Waals surface area contributed by atoms with Gasteiger partial charge in [0.25, 0.3) is 0 Å². The van der Waals surface area contributed by atoms with Crippen LogP contribution in [0.15, 0.2) is 18.2 Å². The second-order valence-electron chi connectivity index (χ2n) is 2.86. The van der Waals surface area contributed by atoms with Gasteiger partial charge < -0.3 is 0 Å². The van der Waals surface area contributed by atoms with Crippen molar-refractivity contribution in [3.05, 3.63) is 34.3 Å². The first-order valence-electron chi connectivity index (χ1n) is 3.92. The third kappa shape index (κ3) is 2.69. The number of hydrogen-bond acceptors (Lipinski definition) is 1. The second kappa shape index (κ2) is 4.37. The minimum absolute atomic E-state index is 0.442. The molecule has 0 aliphatic carbocycles. The lowest BCUT2D eigenvalue weighted by Crippen LogP contribution is -2.12. The molecule has 1 nitrogen and oxygen atoms in total. The Balaban J connectivity index is 3.15. The quantitative estimate of drug-likeness (QED) is 0.582. The number of benzene rings is 1. The van der Waals surface area contributed by atoms with Crippen LogP contribution in [0.25, 0.3) is 0 Å². The first kappa shape index (κ1) is 12.9. The zero-order valence-electron chi connectivity index (χ0n) is 7.49. The maximum atomic E-state index is 12.2. The minimum atomic E-state index is -4.63. The molecule has 0 bridgehead atoms. The Morgan fingerprint density at radius 1 is 1.25 bits per heavy atom. The van der Waals surface area contributed by atoms with Gasteiger partial charge in [0.1, 0.15) is 0 Å². The molecule has 0 aliphatic heterocycles. The fraction of sp³-hybridized carbons (Fsp3) is 0.222. The predicted molar refractivity (Wildman–Crippen MR) is 46.8 cm³/mol. The Labute approximate surface area is 91.8 Å². The van der Waals surface area contributed by atoms with Gasteiger partial charge in [-0.1, -0.05) is 11.6 Å². The molecule has 0 saturated carbocycles. The molecule has 0 aliphatic rings. The molecular formula is C9H4ClF5O. The molecule has 88 valence electrons. The van der Waals surface area contributed by atoms with E-state index < -0.39 is 34.5 Å². The van der Waals surface area contributed by atoms with Crippen LogP contribution in [0.3, 0.4) is 0 Å². The van der Waals surface area contributed by atoms with Gasteiger partial charge in [-0.3, -0.25) is 4.79 Å². The van der Waals surface area contributed by atoms with E-state index >= 15 is 0 Å². The van der Waals surface area contributed by atoms with Crippen LogP contribution in [0.1, 0.15) is 15.9 Å². The summed E-state index contributed by atoms with van der Waals surface area (Å²) >= 11 is 5.32. The number of alkyl halides is 5. The molecule has 0 amide bonds. The van der Waals surface area contributed by atoms with Gasteiger partial charge in [-0.2, -0.15) is 13.2 Å². The van der Waals surface area contributed by atoms with Crippen molar-refractivity contribution in [2.45, 2.75) is 12.6 Å². The molecule has 0 N–H and O–H groups in total. The summed E-state index contributed by atoms with van der Waals surface area (Å²) in [5.41, 5.74) is -1.71. The molecule has 0 heterocycles. The van der Waals surface area contributed by atoms with Gasteiger partial charge in [0.15, 0.2) is 0 Å². The Hall–Kier alpha value is -1.17. The number of rotatable bonds is 2. The highest BCUT2D eigenvalue weighted by Gasteiger charge is 2.32. The molecule has 16 heavy (non-hydrogen) atoms. The van der Waals surface area contributed by atoms with Crippen molar-refractivity contribution in [1.82, 2.24) is 0 Å². The number of Topliss-reactive ketones (excluding diaryl/α,β-unsaturated/α-hetero) is 1. The summed E-state index contributed by atoms with van der Waals surface area (Å²) < 4.78 is 60.5. The van der Waals surface area contributed by atoms with Crippen LogP contribution < -0.4 is 0 Å². The maximum absolute atomic E-state index is 12.2. The SMILES string of the molecule is O=C(c1ccc(C(F)(F)F)cc1Cl)C(F)F. The molecule has 0 fully saturated rings. The van der Waals surface area contributed by atoms with Crippen LogP contribution in [0, 0.1) is 0 Å². The summed E-state index contributed by atoms with van der Waals surface area (Å²) in [5, 5.41) is -0.639. The van der Waals surface area contributed by atoms with Crippen molar-refractivity contribution < 1.29 is 26.7 Å². The molecule has 1 aromatic carbocycles. The van der Waals surface area contributed by atoms with Crippen molar-refractivity contribution in [2.24, 2.45) is 0 Å². The van der Waals surface area contributed by atoms with E-state index in [0.717, 1.165) is 0 Å². The van der Waals surface area contributed by atoms with Crippen LogP contribution in [-0.4, -0.2) is 12.2 Å². The summed E-state index contributed by atoms with van der Waals surface area (Å²) in [4.78, 5) is 10.8. The summed E-state index contributed by atoms with van der Waals surface area (Å²) in [6.07, 6.45) is -7.93. The summed E-state index contributed by atoms with van der Waals surface area (Å²) in [7, 11) is 0. The van der Waals surface area contributed by atoms with Gasteiger partial charge in [-0.25, -0.2) is 8.78 Å². The molecular weight excluding hydrogens is 255 g/mol. The van der Waals surface area contributed by atoms with Gasteiger partial charge in [-0.05, 0) is 18.2 Å². The Morgan fingerprint density at radius 3 is 2.19 bits per heavy atom. The number of carbonyl (C=O) groups excluding carboxylic acids is 1. The van der Waals surface area contributed by atoms with E-state index in [-0.39, 0.29) is 0 Å². The van der Waals surface area contributed by atoms with Crippen LogP contribution in [-0.2, 0) is 6.18 Å². The van der Waals surface area contributed by atoms with Crippen molar-refractivity contribution in [2.75, 3.05) is 0 Å². The number of hydrogen-bond donors (Lipinski definition) is 0. The van der Waals surface area contributed by atoms with E-state index in [2.05, 4.69) is 0 Å². The molecule has 0 spiro atoms. The van der Waals surface area contributed by atoms with Crippen LogP contribution in [0.4, 0.5) is 22.0 Å². The Kier molecular flexibility index (Phi) is 3.52. The summed E-state index contributed by atoms with van der Waals surface area (Å²) in [5.74, 6) is -1.60. The zero-order chi connectivity index (χ0) is 12.5. The molecule has 0 saturated heterocycles. The largest absolute Gasteiger partial charge is 0.416 e. The topological polar surface area (TPSA) is 17.1 Å². The van der Waals surface area contributed by atoms with Crippen LogP contribution >= 0.6 is 11.6 Å². The van der Waals surface area contributed by atoms with Gasteiger partial charge in [0, 0.05) is 5.56 Å². The van der Waals surface area contributed by atoms with E-state index in [4.69, 9.17) is 11.6 Å². The summed E-state index contributed by atoms with van der Waals surface area (Å²) in [6.45, 7) is 0. The fourth-order valence-corrected chi connectivity index (χ4v) is 1.28. The Morgan fingerprint density at radius 2 is 1.81 bits per heavy atom. The number of carbonyl (C=O) groups is 1. The first-order chi connectivity index (χ1) is 7.23. The lowest BCUT2D eigenvalue weighted by molar-refractivity contribution is -0.137. The molecule has 0 unspecified atom stereocenters. The molecule has 0 aromatic heterocycles. The van der Waals surface area contributed by atoms with Gasteiger partial charge in [0.05, 0.1) is 10.6 Å². The van der Waals surface area contributed by atoms with E-state index in [1.165, 1.54) is 0 Å². The van der Waals surface area contributed by atoms with E-state index in [0.29, 0.717) is 18.2 Å². The molecule has 7 heteroatoms. The zero-order valence-corrected chi connectivity index (χ0v) is 8.24. The third-order valence-corrected chi connectivity index (χ3v) is 2.07. The van der Waals surface area contributed by atoms with E-state index in [1.54, 1.807) is 0 Å². The lowest BCUT2D eigenvalue weighted by Gasteiger charge is -2.08. The predicted octanol–water partition coefficient (Wildman–Crippen LogP) is 3.81. The Bertz CT molecular complexity index is 413. The molecule has 0 radical (unpaired) electrons. The minimum Gasteiger partial charge on any atom is -0.288 e. The fourth-order valence-electron chi connectivity index (χ4n) is 1.01. The van der Waals surface area contributed by atoms with E-state index in [1.807, 2.05) is 0 Å². The van der Waals surface area contributed by atoms with E-state index in [9.17, 15) is 26.7 Å². The number of ketones is 1. The highest BCUT2D eigenvalue weighted by atomic mass is 35.5. The normalized spacial score (nSPS) is 11.9. The highest BCUT2D eigenvalue weighted by Crippen LogP contribution is 2.32. The summed E-state index contributed by atoms with van der Waals surface area (Å²) in [6, 6.07) is 1.61. The van der Waals surface area contributed by atoms with Crippen molar-refractivity contribution in [3.63, 3.8) is 0 Å². The highest BCUT2D eigenvalue weighted by molar-refractivity contribution is 6.34. The van der Waals surface area contributed by atoms with Gasteiger partial charge in [-0.15, -0.1) is 0 Å². The number of halogens is 6.